The van der Waals surface area contributed by atoms with E-state index in [0.29, 0.717) is 5.02 Å². The molecule has 0 aliphatic carbocycles. The maximum Gasteiger partial charge on any atom is 0.0730 e. The summed E-state index contributed by atoms with van der Waals surface area (Å²) in [6.45, 7) is 0. The summed E-state index contributed by atoms with van der Waals surface area (Å²) in [4.78, 5) is 4.81. The number of aromatic nitrogens is 1. The van der Waals surface area contributed by atoms with E-state index in [4.69, 9.17) is 16.6 Å². The molecule has 4 aromatic rings. The van der Waals surface area contributed by atoms with Crippen molar-refractivity contribution in [2.24, 2.45) is 0 Å². The Morgan fingerprint density at radius 1 is 0.652 bits per heavy atom. The molecule has 0 aliphatic rings. The summed E-state index contributed by atoms with van der Waals surface area (Å²) in [6.07, 6.45) is 0. The predicted octanol–water partition coefficient (Wildman–Crippen LogP) is 6.22. The van der Waals surface area contributed by atoms with Gasteiger partial charge in [0, 0.05) is 16.0 Å². The molecular weight excluding hydrogens is 302 g/mol. The summed E-state index contributed by atoms with van der Waals surface area (Å²) in [5.41, 5.74) is 5.33. The van der Waals surface area contributed by atoms with Gasteiger partial charge in [0.05, 0.1) is 11.2 Å². The molecule has 0 saturated carbocycles. The van der Waals surface area contributed by atoms with Gasteiger partial charge in [0.15, 0.2) is 0 Å². The zero-order chi connectivity index (χ0) is 15.6. The molecule has 3 aromatic carbocycles. The molecule has 1 aromatic heterocycles. The van der Waals surface area contributed by atoms with Crippen LogP contribution in [0.1, 0.15) is 0 Å². The van der Waals surface area contributed by atoms with Gasteiger partial charge in [-0.3, -0.25) is 0 Å². The van der Waals surface area contributed by atoms with Crippen molar-refractivity contribution in [2.75, 3.05) is 0 Å². The third-order valence-electron chi connectivity index (χ3n) is 3.93. The molecule has 23 heavy (non-hydrogen) atoms. The van der Waals surface area contributed by atoms with Crippen LogP contribution in [-0.4, -0.2) is 4.98 Å². The van der Waals surface area contributed by atoms with Gasteiger partial charge in [-0.05, 0) is 29.3 Å². The normalized spacial score (nSPS) is 10.8. The molecule has 1 nitrogen and oxygen atoms in total. The van der Waals surface area contributed by atoms with Crippen molar-refractivity contribution in [1.29, 1.82) is 0 Å². The monoisotopic (exact) mass is 315 g/mol. The van der Waals surface area contributed by atoms with Gasteiger partial charge in [-0.25, -0.2) is 4.98 Å². The lowest BCUT2D eigenvalue weighted by Crippen LogP contribution is -1.89. The average Bonchev–Trinajstić information content (AvgIpc) is 2.62. The van der Waals surface area contributed by atoms with Crippen molar-refractivity contribution in [3.05, 3.63) is 90.0 Å². The fourth-order valence-electron chi connectivity index (χ4n) is 2.81. The van der Waals surface area contributed by atoms with Crippen LogP contribution in [0.4, 0.5) is 0 Å². The Morgan fingerprint density at radius 2 is 1.30 bits per heavy atom. The number of hydrogen-bond donors (Lipinski definition) is 0. The van der Waals surface area contributed by atoms with E-state index >= 15 is 0 Å². The van der Waals surface area contributed by atoms with E-state index in [1.165, 1.54) is 11.1 Å². The van der Waals surface area contributed by atoms with Crippen molar-refractivity contribution in [3.8, 4) is 22.4 Å². The molecule has 2 heteroatoms. The number of nitrogens with zero attached hydrogens (tertiary/aromatic N) is 1. The molecule has 0 spiro atoms. The van der Waals surface area contributed by atoms with Gasteiger partial charge in [0.1, 0.15) is 0 Å². The van der Waals surface area contributed by atoms with Crippen molar-refractivity contribution in [2.45, 2.75) is 0 Å². The summed E-state index contributed by atoms with van der Waals surface area (Å²) in [5, 5.41) is 1.81. The van der Waals surface area contributed by atoms with Gasteiger partial charge < -0.3 is 0 Å². The van der Waals surface area contributed by atoms with Crippen LogP contribution in [-0.2, 0) is 0 Å². The van der Waals surface area contributed by atoms with Crippen LogP contribution in [0.2, 0.25) is 5.02 Å². The third kappa shape index (κ3) is 2.71. The van der Waals surface area contributed by atoms with E-state index in [1.54, 1.807) is 0 Å². The van der Waals surface area contributed by atoms with Crippen LogP contribution >= 0.6 is 11.6 Å². The summed E-state index contributed by atoms with van der Waals surface area (Å²) < 4.78 is 0. The summed E-state index contributed by atoms with van der Waals surface area (Å²) in [7, 11) is 0. The number of pyridine rings is 1. The van der Waals surface area contributed by atoms with Crippen LogP contribution in [0.5, 0.6) is 0 Å². The van der Waals surface area contributed by atoms with Crippen LogP contribution in [0.3, 0.4) is 0 Å². The molecule has 0 unspecified atom stereocenters. The highest BCUT2D eigenvalue weighted by Crippen LogP contribution is 2.33. The number of hydrogen-bond acceptors (Lipinski definition) is 1. The van der Waals surface area contributed by atoms with E-state index in [0.717, 1.165) is 22.2 Å². The Bertz CT molecular complexity index is 963. The van der Waals surface area contributed by atoms with Crippen LogP contribution in [0.15, 0.2) is 84.9 Å². The second kappa shape index (κ2) is 5.86. The maximum absolute atomic E-state index is 6.18. The number of benzene rings is 3. The molecule has 0 fully saturated rings. The Hall–Kier alpha value is -2.64. The molecule has 0 amide bonds. The number of halogens is 1. The summed E-state index contributed by atoms with van der Waals surface area (Å²) in [6, 6.07) is 28.7. The topological polar surface area (TPSA) is 12.9 Å². The number of rotatable bonds is 2. The van der Waals surface area contributed by atoms with Gasteiger partial charge in [0.25, 0.3) is 0 Å². The van der Waals surface area contributed by atoms with E-state index < -0.39 is 0 Å². The first-order valence-corrected chi connectivity index (χ1v) is 7.90. The lowest BCUT2D eigenvalue weighted by atomic mass is 9.98. The first-order valence-electron chi connectivity index (χ1n) is 7.52. The molecule has 0 saturated heterocycles. The smallest absolute Gasteiger partial charge is 0.0730 e. The van der Waals surface area contributed by atoms with Gasteiger partial charge in [-0.15, -0.1) is 0 Å². The lowest BCUT2D eigenvalue weighted by Gasteiger charge is -2.10. The second-order valence-corrected chi connectivity index (χ2v) is 5.89. The molecular formula is C21H14ClN. The average molecular weight is 316 g/mol. The van der Waals surface area contributed by atoms with Gasteiger partial charge >= 0.3 is 0 Å². The van der Waals surface area contributed by atoms with E-state index in [9.17, 15) is 0 Å². The third-order valence-corrected chi connectivity index (χ3v) is 4.16. The molecule has 0 N–H and O–H groups in total. The van der Waals surface area contributed by atoms with Crippen LogP contribution in [0.25, 0.3) is 33.3 Å². The fraction of sp³-hybridized carbons (Fsp3) is 0. The molecule has 0 aliphatic heterocycles. The van der Waals surface area contributed by atoms with E-state index in [-0.39, 0.29) is 0 Å². The second-order valence-electron chi connectivity index (χ2n) is 5.45. The summed E-state index contributed by atoms with van der Waals surface area (Å²) in [5.74, 6) is 0. The first kappa shape index (κ1) is 14.0. The van der Waals surface area contributed by atoms with Gasteiger partial charge in [-0.2, -0.15) is 0 Å². The maximum atomic E-state index is 6.18. The quantitative estimate of drug-likeness (QED) is 0.428. The predicted molar refractivity (Wildman–Crippen MR) is 97.6 cm³/mol. The minimum absolute atomic E-state index is 0.703. The van der Waals surface area contributed by atoms with E-state index in [2.05, 4.69) is 42.5 Å². The van der Waals surface area contributed by atoms with Crippen molar-refractivity contribution < 1.29 is 0 Å². The Labute approximate surface area is 140 Å². The molecule has 110 valence electrons. The van der Waals surface area contributed by atoms with Gasteiger partial charge in [-0.1, -0.05) is 78.3 Å². The zero-order valence-electron chi connectivity index (χ0n) is 12.4. The standard InChI is InChI=1S/C21H14ClN/c22-17-11-12-18-19(15-7-3-1-4-8-15)14-20(23-21(18)13-17)16-9-5-2-6-10-16/h1-14H. The summed E-state index contributed by atoms with van der Waals surface area (Å²) >= 11 is 6.18. The van der Waals surface area contributed by atoms with Crippen LogP contribution in [0, 0.1) is 0 Å². The molecule has 0 atom stereocenters. The molecule has 0 bridgehead atoms. The Morgan fingerprint density at radius 3 is 2.00 bits per heavy atom. The highest BCUT2D eigenvalue weighted by atomic mass is 35.5. The minimum atomic E-state index is 0.703. The van der Waals surface area contributed by atoms with E-state index in [1.807, 2.05) is 42.5 Å². The Kier molecular flexibility index (Phi) is 3.57. The molecule has 0 radical (unpaired) electrons. The van der Waals surface area contributed by atoms with Gasteiger partial charge in [0.2, 0.25) is 0 Å². The number of fused-ring (bicyclic) bond motifs is 1. The lowest BCUT2D eigenvalue weighted by molar-refractivity contribution is 1.40. The largest absolute Gasteiger partial charge is 0.248 e. The molecule has 4 rings (SSSR count). The molecule has 1 heterocycles. The first-order chi connectivity index (χ1) is 11.3. The van der Waals surface area contributed by atoms with Crippen molar-refractivity contribution >= 4 is 22.5 Å². The fourth-order valence-corrected chi connectivity index (χ4v) is 2.98. The highest BCUT2D eigenvalue weighted by Gasteiger charge is 2.09. The zero-order valence-corrected chi connectivity index (χ0v) is 13.2. The van der Waals surface area contributed by atoms with Crippen molar-refractivity contribution in [1.82, 2.24) is 4.98 Å². The minimum Gasteiger partial charge on any atom is -0.248 e. The van der Waals surface area contributed by atoms with Crippen LogP contribution < -0.4 is 0 Å². The van der Waals surface area contributed by atoms with Crippen molar-refractivity contribution in [3.63, 3.8) is 0 Å². The SMILES string of the molecule is Clc1ccc2c(-c3ccccc3)cc(-c3ccccc3)nc2c1. The Balaban J connectivity index is 2.03. The highest BCUT2D eigenvalue weighted by molar-refractivity contribution is 6.31.